The van der Waals surface area contributed by atoms with Gasteiger partial charge in [0, 0.05) is 11.4 Å². The lowest BCUT2D eigenvalue weighted by atomic mass is 10.3. The predicted molar refractivity (Wildman–Crippen MR) is 57.6 cm³/mol. The number of rotatable bonds is 3. The molecule has 0 spiro atoms. The van der Waals surface area contributed by atoms with Gasteiger partial charge < -0.3 is 5.73 Å². The number of nitrogens with zero attached hydrogens (tertiary/aromatic N) is 1. The SMILES string of the molecule is CCCC(N)=Nc1cc(F)cc(Cl)c1. The van der Waals surface area contributed by atoms with E-state index >= 15 is 0 Å². The maximum atomic E-state index is 12.9. The zero-order valence-electron chi connectivity index (χ0n) is 7.93. The van der Waals surface area contributed by atoms with Crippen LogP contribution < -0.4 is 5.73 Å². The van der Waals surface area contributed by atoms with Gasteiger partial charge in [0.2, 0.25) is 0 Å². The summed E-state index contributed by atoms with van der Waals surface area (Å²) >= 11 is 5.66. The fourth-order valence-corrected chi connectivity index (χ4v) is 1.30. The summed E-state index contributed by atoms with van der Waals surface area (Å²) in [6.45, 7) is 2.00. The highest BCUT2D eigenvalue weighted by atomic mass is 35.5. The lowest BCUT2D eigenvalue weighted by molar-refractivity contribution is 0.628. The summed E-state index contributed by atoms with van der Waals surface area (Å²) in [4.78, 5) is 4.04. The Morgan fingerprint density at radius 2 is 2.21 bits per heavy atom. The van der Waals surface area contributed by atoms with Crippen LogP contribution in [0.5, 0.6) is 0 Å². The number of hydrogen-bond donors (Lipinski definition) is 1. The maximum Gasteiger partial charge on any atom is 0.126 e. The number of amidine groups is 1. The Kier molecular flexibility index (Phi) is 3.89. The number of hydrogen-bond acceptors (Lipinski definition) is 1. The molecule has 0 aliphatic carbocycles. The molecular weight excluding hydrogens is 203 g/mol. The zero-order valence-corrected chi connectivity index (χ0v) is 8.68. The molecule has 0 saturated carbocycles. The zero-order chi connectivity index (χ0) is 10.6. The Morgan fingerprint density at radius 1 is 1.50 bits per heavy atom. The van der Waals surface area contributed by atoms with Crippen molar-refractivity contribution in [1.82, 2.24) is 0 Å². The van der Waals surface area contributed by atoms with Crippen LogP contribution in [0.25, 0.3) is 0 Å². The van der Waals surface area contributed by atoms with Crippen LogP contribution in [0, 0.1) is 5.82 Å². The predicted octanol–water partition coefficient (Wildman–Crippen LogP) is 3.27. The molecule has 0 saturated heterocycles. The third-order valence-corrected chi connectivity index (χ3v) is 1.84. The lowest BCUT2D eigenvalue weighted by Crippen LogP contribution is -2.09. The van der Waals surface area contributed by atoms with Gasteiger partial charge in [-0.15, -0.1) is 0 Å². The van der Waals surface area contributed by atoms with Gasteiger partial charge in [0.25, 0.3) is 0 Å². The van der Waals surface area contributed by atoms with Crippen LogP contribution in [0.15, 0.2) is 23.2 Å². The van der Waals surface area contributed by atoms with Crippen molar-refractivity contribution in [2.75, 3.05) is 0 Å². The third kappa shape index (κ3) is 3.34. The van der Waals surface area contributed by atoms with E-state index in [4.69, 9.17) is 17.3 Å². The number of benzene rings is 1. The van der Waals surface area contributed by atoms with Crippen LogP contribution in [-0.2, 0) is 0 Å². The van der Waals surface area contributed by atoms with E-state index in [1.54, 1.807) is 6.07 Å². The van der Waals surface area contributed by atoms with E-state index in [9.17, 15) is 4.39 Å². The van der Waals surface area contributed by atoms with Crippen LogP contribution in [-0.4, -0.2) is 5.84 Å². The van der Waals surface area contributed by atoms with Gasteiger partial charge in [0.1, 0.15) is 5.82 Å². The summed E-state index contributed by atoms with van der Waals surface area (Å²) in [6.07, 6.45) is 1.62. The molecule has 0 atom stereocenters. The normalized spacial score (nSPS) is 11.8. The molecule has 76 valence electrons. The van der Waals surface area contributed by atoms with Crippen LogP contribution in [0.2, 0.25) is 5.02 Å². The van der Waals surface area contributed by atoms with E-state index in [2.05, 4.69) is 4.99 Å². The average molecular weight is 215 g/mol. The molecule has 2 N–H and O–H groups in total. The molecule has 0 bridgehead atoms. The van der Waals surface area contributed by atoms with Crippen LogP contribution in [0.4, 0.5) is 10.1 Å². The van der Waals surface area contributed by atoms with Gasteiger partial charge >= 0.3 is 0 Å². The Labute approximate surface area is 87.6 Å². The van der Waals surface area contributed by atoms with E-state index in [-0.39, 0.29) is 0 Å². The molecule has 0 radical (unpaired) electrons. The van der Waals surface area contributed by atoms with Gasteiger partial charge in [0.05, 0.1) is 11.5 Å². The molecule has 0 amide bonds. The second-order valence-corrected chi connectivity index (χ2v) is 3.42. The quantitative estimate of drug-likeness (QED) is 0.609. The van der Waals surface area contributed by atoms with E-state index in [1.807, 2.05) is 6.92 Å². The van der Waals surface area contributed by atoms with E-state index in [0.717, 1.165) is 6.42 Å². The molecule has 0 aliphatic heterocycles. The Morgan fingerprint density at radius 3 is 2.79 bits per heavy atom. The second kappa shape index (κ2) is 4.96. The first-order valence-electron chi connectivity index (χ1n) is 4.41. The number of halogens is 2. The van der Waals surface area contributed by atoms with Gasteiger partial charge in [-0.3, -0.25) is 0 Å². The lowest BCUT2D eigenvalue weighted by Gasteiger charge is -1.99. The molecule has 0 aromatic heterocycles. The van der Waals surface area contributed by atoms with Gasteiger partial charge in [0.15, 0.2) is 0 Å². The molecule has 1 aromatic rings. The number of aliphatic imine (C=N–C) groups is 1. The van der Waals surface area contributed by atoms with Crippen LogP contribution in [0.1, 0.15) is 19.8 Å². The maximum absolute atomic E-state index is 12.9. The summed E-state index contributed by atoms with van der Waals surface area (Å²) in [5, 5.41) is 0.327. The Bertz CT molecular complexity index is 330. The summed E-state index contributed by atoms with van der Waals surface area (Å²) in [5.41, 5.74) is 6.06. The first-order valence-corrected chi connectivity index (χ1v) is 4.78. The summed E-state index contributed by atoms with van der Waals surface area (Å²) < 4.78 is 12.9. The van der Waals surface area contributed by atoms with E-state index in [0.29, 0.717) is 23.0 Å². The average Bonchev–Trinajstić information content (AvgIpc) is 2.01. The first kappa shape index (κ1) is 11.0. The van der Waals surface area contributed by atoms with Crippen molar-refractivity contribution in [3.8, 4) is 0 Å². The minimum Gasteiger partial charge on any atom is -0.387 e. The van der Waals surface area contributed by atoms with Gasteiger partial charge in [-0.1, -0.05) is 18.5 Å². The topological polar surface area (TPSA) is 38.4 Å². The van der Waals surface area contributed by atoms with Crippen molar-refractivity contribution in [1.29, 1.82) is 0 Å². The molecule has 4 heteroatoms. The van der Waals surface area contributed by atoms with Crippen LogP contribution in [0.3, 0.4) is 0 Å². The fourth-order valence-electron chi connectivity index (χ4n) is 1.08. The highest BCUT2D eigenvalue weighted by Crippen LogP contribution is 2.20. The molecule has 0 unspecified atom stereocenters. The molecule has 0 heterocycles. The molecule has 1 rings (SSSR count). The van der Waals surface area contributed by atoms with Crippen molar-refractivity contribution in [2.24, 2.45) is 10.7 Å². The highest BCUT2D eigenvalue weighted by molar-refractivity contribution is 6.30. The highest BCUT2D eigenvalue weighted by Gasteiger charge is 1.98. The fraction of sp³-hybridized carbons (Fsp3) is 0.300. The second-order valence-electron chi connectivity index (χ2n) is 2.98. The first-order chi connectivity index (χ1) is 6.61. The van der Waals surface area contributed by atoms with Crippen molar-refractivity contribution in [3.05, 3.63) is 29.0 Å². The van der Waals surface area contributed by atoms with Crippen molar-refractivity contribution in [2.45, 2.75) is 19.8 Å². The standard InChI is InChI=1S/C10H12ClFN2/c1-2-3-10(13)14-9-5-7(11)4-8(12)6-9/h4-6H,2-3H2,1H3,(H2,13,14). The molecule has 0 fully saturated rings. The van der Waals surface area contributed by atoms with Gasteiger partial charge in [-0.2, -0.15) is 0 Å². The summed E-state index contributed by atoms with van der Waals surface area (Å²) in [5.74, 6) is 0.0923. The Hall–Kier alpha value is -1.09. The Balaban J connectivity index is 2.90. The molecular formula is C10H12ClFN2. The minimum absolute atomic E-state index is 0.327. The smallest absolute Gasteiger partial charge is 0.126 e. The number of nitrogens with two attached hydrogens (primary N) is 1. The van der Waals surface area contributed by atoms with Gasteiger partial charge in [-0.25, -0.2) is 9.38 Å². The third-order valence-electron chi connectivity index (χ3n) is 1.63. The molecule has 14 heavy (non-hydrogen) atoms. The largest absolute Gasteiger partial charge is 0.387 e. The summed E-state index contributed by atoms with van der Waals surface area (Å²) in [6, 6.07) is 4.11. The molecule has 1 aromatic carbocycles. The molecule has 2 nitrogen and oxygen atoms in total. The monoisotopic (exact) mass is 214 g/mol. The van der Waals surface area contributed by atoms with Crippen molar-refractivity contribution >= 4 is 23.1 Å². The minimum atomic E-state index is -0.402. The van der Waals surface area contributed by atoms with E-state index < -0.39 is 5.82 Å². The van der Waals surface area contributed by atoms with Gasteiger partial charge in [-0.05, 0) is 24.6 Å². The van der Waals surface area contributed by atoms with Crippen LogP contribution >= 0.6 is 11.6 Å². The van der Waals surface area contributed by atoms with Crippen molar-refractivity contribution in [3.63, 3.8) is 0 Å². The van der Waals surface area contributed by atoms with Crippen molar-refractivity contribution < 1.29 is 4.39 Å². The molecule has 0 aliphatic rings. The van der Waals surface area contributed by atoms with E-state index in [1.165, 1.54) is 12.1 Å². The summed E-state index contributed by atoms with van der Waals surface area (Å²) in [7, 11) is 0.